The van der Waals surface area contributed by atoms with Crippen molar-refractivity contribution >= 4 is 23.4 Å². The number of rotatable bonds is 3. The number of aromatic nitrogens is 5. The fourth-order valence-corrected chi connectivity index (χ4v) is 2.43. The van der Waals surface area contributed by atoms with Gasteiger partial charge in [0.15, 0.2) is 0 Å². The quantitative estimate of drug-likeness (QED) is 0.640. The topological polar surface area (TPSA) is 56.5 Å². The predicted octanol–water partition coefficient (Wildman–Crippen LogP) is 2.77. The summed E-state index contributed by atoms with van der Waals surface area (Å²) < 4.78 is 1.82. The Labute approximate surface area is 115 Å². The lowest BCUT2D eigenvalue weighted by atomic mass is 10.1. The monoisotopic (exact) mass is 283 g/mol. The summed E-state index contributed by atoms with van der Waals surface area (Å²) in [6, 6.07) is 3.73. The molecule has 0 aliphatic carbocycles. The molecule has 0 unspecified atom stereocenters. The Hall–Kier alpha value is -1.14. The minimum atomic E-state index is -0.121. The minimum absolute atomic E-state index is 0.121. The van der Waals surface area contributed by atoms with E-state index in [1.54, 1.807) is 24.0 Å². The molecule has 0 amide bonds. The summed E-state index contributed by atoms with van der Waals surface area (Å²) in [6.07, 6.45) is 1.76. The van der Waals surface area contributed by atoms with E-state index in [0.717, 1.165) is 16.5 Å². The maximum atomic E-state index is 5.74. The second-order valence-corrected chi connectivity index (χ2v) is 6.15. The molecule has 2 heterocycles. The van der Waals surface area contributed by atoms with Gasteiger partial charge >= 0.3 is 0 Å². The summed E-state index contributed by atoms with van der Waals surface area (Å²) in [5.74, 6) is 0.765. The highest BCUT2D eigenvalue weighted by atomic mass is 35.5. The molecule has 0 spiro atoms. The van der Waals surface area contributed by atoms with Crippen molar-refractivity contribution in [3.63, 3.8) is 0 Å². The first-order valence-electron chi connectivity index (χ1n) is 5.49. The molecule has 2 aromatic rings. The van der Waals surface area contributed by atoms with Gasteiger partial charge in [-0.1, -0.05) is 29.4 Å². The molecule has 0 aliphatic rings. The largest absolute Gasteiger partial charge is 0.244 e. The van der Waals surface area contributed by atoms with Crippen LogP contribution in [0.1, 0.15) is 26.3 Å². The van der Waals surface area contributed by atoms with E-state index in [9.17, 15) is 0 Å². The first kappa shape index (κ1) is 13.3. The number of pyridine rings is 1. The molecule has 7 heteroatoms. The number of thioether (sulfide) groups is 1. The molecule has 96 valence electrons. The normalized spacial score (nSPS) is 11.8. The molecule has 0 bridgehead atoms. The lowest BCUT2D eigenvalue weighted by molar-refractivity contribution is 0.321. The van der Waals surface area contributed by atoms with Crippen LogP contribution in [0.4, 0.5) is 0 Å². The summed E-state index contributed by atoms with van der Waals surface area (Å²) >= 11 is 7.33. The van der Waals surface area contributed by atoms with Crippen LogP contribution in [0, 0.1) is 0 Å². The Morgan fingerprint density at radius 3 is 2.72 bits per heavy atom. The van der Waals surface area contributed by atoms with E-state index < -0.39 is 0 Å². The average molecular weight is 284 g/mol. The third-order valence-electron chi connectivity index (χ3n) is 2.23. The maximum absolute atomic E-state index is 5.74. The van der Waals surface area contributed by atoms with Gasteiger partial charge in [-0.25, -0.2) is 9.67 Å². The van der Waals surface area contributed by atoms with Crippen molar-refractivity contribution in [3.8, 4) is 0 Å². The highest BCUT2D eigenvalue weighted by Crippen LogP contribution is 2.24. The fraction of sp³-hybridized carbons (Fsp3) is 0.455. The second kappa shape index (κ2) is 5.24. The zero-order chi connectivity index (χ0) is 13.2. The van der Waals surface area contributed by atoms with Crippen LogP contribution in [-0.2, 0) is 11.3 Å². The molecular formula is C11H14ClN5S. The summed E-state index contributed by atoms with van der Waals surface area (Å²) in [7, 11) is 0. The van der Waals surface area contributed by atoms with Gasteiger partial charge in [-0.2, -0.15) is 0 Å². The Balaban J connectivity index is 2.07. The van der Waals surface area contributed by atoms with Crippen molar-refractivity contribution in [1.82, 2.24) is 25.2 Å². The van der Waals surface area contributed by atoms with Crippen LogP contribution < -0.4 is 0 Å². The number of nitrogens with zero attached hydrogens (tertiary/aromatic N) is 5. The number of halogens is 1. The van der Waals surface area contributed by atoms with E-state index in [0.29, 0.717) is 5.15 Å². The molecule has 0 aromatic carbocycles. The molecule has 0 aliphatic heterocycles. The summed E-state index contributed by atoms with van der Waals surface area (Å²) in [6.45, 7) is 6.20. The Morgan fingerprint density at radius 2 is 2.11 bits per heavy atom. The van der Waals surface area contributed by atoms with Crippen LogP contribution in [0.2, 0.25) is 5.15 Å². The average Bonchev–Trinajstić information content (AvgIpc) is 2.76. The van der Waals surface area contributed by atoms with Crippen LogP contribution in [-0.4, -0.2) is 25.2 Å². The standard InChI is InChI=1S/C11H14ClN5S/c1-11(2,3)17-10(14-15-16-17)18-7-8-4-5-9(12)13-6-8/h4-6H,7H2,1-3H3. The third kappa shape index (κ3) is 3.20. The summed E-state index contributed by atoms with van der Waals surface area (Å²) in [5, 5.41) is 13.1. The molecule has 18 heavy (non-hydrogen) atoms. The van der Waals surface area contributed by atoms with E-state index in [4.69, 9.17) is 11.6 Å². The van der Waals surface area contributed by atoms with Gasteiger partial charge in [0.1, 0.15) is 5.15 Å². The van der Waals surface area contributed by atoms with Gasteiger partial charge in [0.2, 0.25) is 5.16 Å². The highest BCUT2D eigenvalue weighted by Gasteiger charge is 2.19. The first-order chi connectivity index (χ1) is 8.47. The molecular weight excluding hydrogens is 270 g/mol. The van der Waals surface area contributed by atoms with Gasteiger partial charge in [-0.15, -0.1) is 5.10 Å². The lowest BCUT2D eigenvalue weighted by Gasteiger charge is -2.19. The van der Waals surface area contributed by atoms with Crippen LogP contribution in [0.5, 0.6) is 0 Å². The van der Waals surface area contributed by atoms with Crippen LogP contribution in [0.25, 0.3) is 0 Å². The number of hydrogen-bond acceptors (Lipinski definition) is 5. The summed E-state index contributed by atoms with van der Waals surface area (Å²) in [4.78, 5) is 4.04. The van der Waals surface area contributed by atoms with Crippen LogP contribution in [0.15, 0.2) is 23.5 Å². The third-order valence-corrected chi connectivity index (χ3v) is 3.45. The van der Waals surface area contributed by atoms with Gasteiger partial charge in [-0.3, -0.25) is 0 Å². The molecule has 0 radical (unpaired) electrons. The van der Waals surface area contributed by atoms with Gasteiger partial charge in [0.25, 0.3) is 0 Å². The van der Waals surface area contributed by atoms with E-state index >= 15 is 0 Å². The molecule has 5 nitrogen and oxygen atoms in total. The van der Waals surface area contributed by atoms with Crippen LogP contribution in [0.3, 0.4) is 0 Å². The maximum Gasteiger partial charge on any atom is 0.210 e. The van der Waals surface area contributed by atoms with Gasteiger partial charge < -0.3 is 0 Å². The van der Waals surface area contributed by atoms with Crippen molar-refractivity contribution in [1.29, 1.82) is 0 Å². The Morgan fingerprint density at radius 1 is 1.33 bits per heavy atom. The minimum Gasteiger partial charge on any atom is -0.244 e. The molecule has 0 N–H and O–H groups in total. The fourth-order valence-electron chi connectivity index (χ4n) is 1.33. The smallest absolute Gasteiger partial charge is 0.210 e. The van der Waals surface area contributed by atoms with Crippen molar-refractivity contribution in [2.24, 2.45) is 0 Å². The van der Waals surface area contributed by atoms with E-state index in [2.05, 4.69) is 41.3 Å². The van der Waals surface area contributed by atoms with Crippen molar-refractivity contribution < 1.29 is 0 Å². The predicted molar refractivity (Wildman–Crippen MR) is 71.6 cm³/mol. The van der Waals surface area contributed by atoms with E-state index in [1.807, 2.05) is 10.7 Å². The van der Waals surface area contributed by atoms with E-state index in [1.165, 1.54) is 0 Å². The van der Waals surface area contributed by atoms with Crippen molar-refractivity contribution in [2.75, 3.05) is 0 Å². The van der Waals surface area contributed by atoms with Crippen molar-refractivity contribution in [3.05, 3.63) is 29.0 Å². The Bertz CT molecular complexity index is 517. The van der Waals surface area contributed by atoms with Gasteiger partial charge in [0.05, 0.1) is 5.54 Å². The summed E-state index contributed by atoms with van der Waals surface area (Å²) in [5.41, 5.74) is 0.970. The van der Waals surface area contributed by atoms with Gasteiger partial charge in [-0.05, 0) is 42.8 Å². The van der Waals surface area contributed by atoms with E-state index in [-0.39, 0.29) is 5.54 Å². The number of hydrogen-bond donors (Lipinski definition) is 0. The molecule has 0 saturated heterocycles. The molecule has 0 saturated carbocycles. The molecule has 0 atom stereocenters. The van der Waals surface area contributed by atoms with Crippen LogP contribution >= 0.6 is 23.4 Å². The SMILES string of the molecule is CC(C)(C)n1nnnc1SCc1ccc(Cl)nc1. The Kier molecular flexibility index (Phi) is 3.87. The highest BCUT2D eigenvalue weighted by molar-refractivity contribution is 7.98. The zero-order valence-corrected chi connectivity index (χ0v) is 12.0. The molecule has 2 rings (SSSR count). The molecule has 0 fully saturated rings. The zero-order valence-electron chi connectivity index (χ0n) is 10.5. The molecule has 2 aromatic heterocycles. The van der Waals surface area contributed by atoms with Gasteiger partial charge in [0, 0.05) is 11.9 Å². The lowest BCUT2D eigenvalue weighted by Crippen LogP contribution is -2.24. The number of tetrazole rings is 1. The van der Waals surface area contributed by atoms with Crippen molar-refractivity contribution in [2.45, 2.75) is 37.2 Å². The first-order valence-corrected chi connectivity index (χ1v) is 6.85. The second-order valence-electron chi connectivity index (χ2n) is 4.82.